The van der Waals surface area contributed by atoms with Crippen LogP contribution in [0.15, 0.2) is 33.3 Å². The number of aromatic nitrogens is 1. The summed E-state index contributed by atoms with van der Waals surface area (Å²) in [6.07, 6.45) is 1.81. The van der Waals surface area contributed by atoms with Gasteiger partial charge in [-0.3, -0.25) is 4.98 Å². The van der Waals surface area contributed by atoms with Crippen molar-refractivity contribution in [2.45, 2.75) is 27.7 Å². The van der Waals surface area contributed by atoms with Crippen LogP contribution in [0.2, 0.25) is 0 Å². The summed E-state index contributed by atoms with van der Waals surface area (Å²) in [6.45, 7) is 12.5. The predicted octanol–water partition coefficient (Wildman–Crippen LogP) is 6.05. The molecule has 0 saturated heterocycles. The minimum Gasteiger partial charge on any atom is -0.441 e. The van der Waals surface area contributed by atoms with Crippen molar-refractivity contribution in [3.8, 4) is 5.75 Å². The molecule has 0 unspecified atom stereocenters. The van der Waals surface area contributed by atoms with E-state index in [-0.39, 0.29) is 0 Å². The molecule has 0 aliphatic heterocycles. The predicted molar refractivity (Wildman–Crippen MR) is 111 cm³/mol. The van der Waals surface area contributed by atoms with Gasteiger partial charge in [0, 0.05) is 42.2 Å². The summed E-state index contributed by atoms with van der Waals surface area (Å²) in [4.78, 5) is 4.57. The Morgan fingerprint density at radius 1 is 1.00 bits per heavy atom. The normalized spacial score (nSPS) is 11.9. The zero-order chi connectivity index (χ0) is 17.7. The first-order chi connectivity index (χ1) is 11.6. The lowest BCUT2D eigenvalue weighted by atomic mass is 10.2. The molecule has 2 aromatic rings. The average Bonchev–Trinajstić information content (AvgIpc) is 2.60. The van der Waals surface area contributed by atoms with Crippen LogP contribution in [-0.2, 0) is 0 Å². The second-order valence-electron chi connectivity index (χ2n) is 5.19. The number of hydrogen-bond acceptors (Lipinski definition) is 4. The van der Waals surface area contributed by atoms with Gasteiger partial charge in [-0.25, -0.2) is 9.34 Å². The van der Waals surface area contributed by atoms with Crippen LogP contribution in [-0.4, -0.2) is 40.5 Å². The Morgan fingerprint density at radius 2 is 1.58 bits per heavy atom. The van der Waals surface area contributed by atoms with Gasteiger partial charge in [0.05, 0.1) is 4.47 Å². The van der Waals surface area contributed by atoms with Crippen molar-refractivity contribution in [1.82, 2.24) is 14.3 Å². The molecule has 0 N–H and O–H groups in total. The number of nitrogens with zero attached hydrogens (tertiary/aromatic N) is 3. The van der Waals surface area contributed by atoms with Gasteiger partial charge in [0.25, 0.3) is 0 Å². The molecule has 132 valence electrons. The third-order valence-corrected chi connectivity index (χ3v) is 7.56. The van der Waals surface area contributed by atoms with Crippen LogP contribution >= 0.6 is 40.3 Å². The van der Waals surface area contributed by atoms with Crippen molar-refractivity contribution >= 4 is 51.2 Å². The molecule has 1 aromatic carbocycles. The van der Waals surface area contributed by atoms with Crippen LogP contribution in [0.4, 0.5) is 0 Å². The van der Waals surface area contributed by atoms with Crippen LogP contribution < -0.4 is 4.52 Å². The maximum Gasteiger partial charge on any atom is 0.248 e. The van der Waals surface area contributed by atoms with Crippen molar-refractivity contribution in [3.63, 3.8) is 0 Å². The summed E-state index contributed by atoms with van der Waals surface area (Å²) < 4.78 is 13.3. The smallest absolute Gasteiger partial charge is 0.248 e. The van der Waals surface area contributed by atoms with E-state index in [1.807, 2.05) is 18.3 Å². The van der Waals surface area contributed by atoms with Crippen LogP contribution in [0, 0.1) is 0 Å². The number of hydrogen-bond donors (Lipinski definition) is 0. The van der Waals surface area contributed by atoms with Gasteiger partial charge in [0.1, 0.15) is 5.52 Å². The minimum absolute atomic E-state index is 0.818. The third kappa shape index (κ3) is 4.28. The molecule has 0 aliphatic rings. The lowest BCUT2D eigenvalue weighted by Crippen LogP contribution is -2.31. The molecule has 4 nitrogen and oxygen atoms in total. The van der Waals surface area contributed by atoms with Crippen LogP contribution in [0.5, 0.6) is 5.75 Å². The Labute approximate surface area is 162 Å². The molecule has 0 aliphatic carbocycles. The molecule has 1 aromatic heterocycles. The van der Waals surface area contributed by atoms with E-state index in [1.165, 1.54) is 0 Å². The van der Waals surface area contributed by atoms with E-state index in [0.717, 1.165) is 51.8 Å². The van der Waals surface area contributed by atoms with E-state index in [2.05, 4.69) is 79.9 Å². The zero-order valence-electron chi connectivity index (χ0n) is 14.6. The number of rotatable bonds is 8. The Hall–Kier alpha value is -0.260. The van der Waals surface area contributed by atoms with Crippen LogP contribution in [0.3, 0.4) is 0 Å². The van der Waals surface area contributed by atoms with Crippen molar-refractivity contribution in [2.75, 3.05) is 26.2 Å². The summed E-state index contributed by atoms with van der Waals surface area (Å²) in [7, 11) is -0.882. The van der Waals surface area contributed by atoms with E-state index in [9.17, 15) is 0 Å². The summed E-state index contributed by atoms with van der Waals surface area (Å²) in [5.74, 6) is 0.818. The summed E-state index contributed by atoms with van der Waals surface area (Å²) in [6, 6.07) is 6.04. The van der Waals surface area contributed by atoms with E-state index in [0.29, 0.717) is 0 Å². The Kier molecular flexibility index (Phi) is 7.89. The molecular weight excluding hydrogens is 453 g/mol. The van der Waals surface area contributed by atoms with E-state index >= 15 is 0 Å². The Bertz CT molecular complexity index is 666. The first-order valence-corrected chi connectivity index (χ1v) is 11.0. The topological polar surface area (TPSA) is 28.6 Å². The third-order valence-electron chi connectivity index (χ3n) is 3.87. The van der Waals surface area contributed by atoms with E-state index < -0.39 is 8.45 Å². The van der Waals surface area contributed by atoms with Gasteiger partial charge in [-0.1, -0.05) is 49.7 Å². The molecule has 0 amide bonds. The monoisotopic (exact) mass is 475 g/mol. The molecule has 1 heterocycles. The summed E-state index contributed by atoms with van der Waals surface area (Å²) >= 11 is 7.28. The molecule has 0 saturated carbocycles. The molecule has 0 radical (unpaired) electrons. The zero-order valence-corrected chi connectivity index (χ0v) is 18.7. The standard InChI is InChI=1S/C17H24Br2N3OP/c1-5-21(6-2)24(22(7-3)8-4)23-17-15(19)12-14(18)13-10-9-11-20-16(13)17/h9-12H,5-8H2,1-4H3. The molecule has 2 rings (SSSR count). The number of fused-ring (bicyclic) bond motifs is 1. The highest BCUT2D eigenvalue weighted by Gasteiger charge is 2.27. The summed E-state index contributed by atoms with van der Waals surface area (Å²) in [5.41, 5.74) is 0.880. The molecule has 0 fully saturated rings. The van der Waals surface area contributed by atoms with Gasteiger partial charge in [0.15, 0.2) is 5.75 Å². The maximum atomic E-state index is 6.59. The fourth-order valence-corrected chi connectivity index (χ4v) is 5.92. The Balaban J connectivity index is 2.51. The quantitative estimate of drug-likeness (QED) is 0.433. The first-order valence-electron chi connectivity index (χ1n) is 8.27. The largest absolute Gasteiger partial charge is 0.441 e. The highest BCUT2D eigenvalue weighted by molar-refractivity contribution is 9.11. The maximum absolute atomic E-state index is 6.59. The van der Waals surface area contributed by atoms with Crippen LogP contribution in [0.1, 0.15) is 27.7 Å². The lowest BCUT2D eigenvalue weighted by Gasteiger charge is -2.36. The minimum atomic E-state index is -0.882. The second-order valence-corrected chi connectivity index (χ2v) is 8.72. The number of pyridine rings is 1. The number of halogens is 2. The molecule has 24 heavy (non-hydrogen) atoms. The van der Waals surface area contributed by atoms with Gasteiger partial charge in [0.2, 0.25) is 8.45 Å². The van der Waals surface area contributed by atoms with Crippen molar-refractivity contribution in [1.29, 1.82) is 0 Å². The fourth-order valence-electron chi connectivity index (χ4n) is 2.54. The van der Waals surface area contributed by atoms with Crippen molar-refractivity contribution in [2.24, 2.45) is 0 Å². The van der Waals surface area contributed by atoms with Gasteiger partial charge < -0.3 is 4.52 Å². The van der Waals surface area contributed by atoms with E-state index in [4.69, 9.17) is 4.52 Å². The first kappa shape index (κ1) is 20.1. The SMILES string of the molecule is CCN(CC)P(Oc1c(Br)cc(Br)c2cccnc12)N(CC)CC. The molecule has 7 heteroatoms. The second kappa shape index (κ2) is 9.44. The van der Waals surface area contributed by atoms with Crippen molar-refractivity contribution < 1.29 is 4.52 Å². The molecule has 0 atom stereocenters. The Morgan fingerprint density at radius 3 is 2.12 bits per heavy atom. The molecule has 0 bridgehead atoms. The fraction of sp³-hybridized carbons (Fsp3) is 0.471. The van der Waals surface area contributed by atoms with Crippen molar-refractivity contribution in [3.05, 3.63) is 33.3 Å². The van der Waals surface area contributed by atoms with Crippen LogP contribution in [0.25, 0.3) is 10.9 Å². The van der Waals surface area contributed by atoms with E-state index in [1.54, 1.807) is 0 Å². The summed E-state index contributed by atoms with van der Waals surface area (Å²) in [5, 5.41) is 1.06. The lowest BCUT2D eigenvalue weighted by molar-refractivity contribution is 0.361. The molecule has 0 spiro atoms. The highest BCUT2D eigenvalue weighted by atomic mass is 79.9. The molecular formula is C17H24Br2N3OP. The average molecular weight is 477 g/mol. The van der Waals surface area contributed by atoms with Gasteiger partial charge in [-0.2, -0.15) is 0 Å². The highest BCUT2D eigenvalue weighted by Crippen LogP contribution is 2.49. The van der Waals surface area contributed by atoms with Gasteiger partial charge in [-0.05, 0) is 28.1 Å². The number of benzene rings is 1. The van der Waals surface area contributed by atoms with Gasteiger partial charge in [-0.15, -0.1) is 0 Å². The van der Waals surface area contributed by atoms with Gasteiger partial charge >= 0.3 is 0 Å².